The van der Waals surface area contributed by atoms with Gasteiger partial charge in [0.2, 0.25) is 0 Å². The molecular formula is C21H19NO4S. The Morgan fingerprint density at radius 3 is 1.85 bits per heavy atom. The maximum absolute atomic E-state index is 5.69. The smallest absolute Gasteiger partial charge is 0.119 e. The van der Waals surface area contributed by atoms with Gasteiger partial charge in [-0.15, -0.1) is 0 Å². The molecule has 1 aromatic heterocycles. The van der Waals surface area contributed by atoms with E-state index in [-0.39, 0.29) is 12.2 Å². The van der Waals surface area contributed by atoms with E-state index in [0.29, 0.717) is 13.2 Å². The van der Waals surface area contributed by atoms with E-state index < -0.39 is 0 Å². The van der Waals surface area contributed by atoms with Gasteiger partial charge < -0.3 is 18.9 Å². The summed E-state index contributed by atoms with van der Waals surface area (Å²) in [7, 11) is 0. The Balaban J connectivity index is 1.24. The normalized spacial score (nSPS) is 20.3. The van der Waals surface area contributed by atoms with Gasteiger partial charge in [-0.25, -0.2) is 0 Å². The van der Waals surface area contributed by atoms with Crippen LogP contribution in [0.25, 0.3) is 21.7 Å². The lowest BCUT2D eigenvalue weighted by Gasteiger charge is -2.05. The van der Waals surface area contributed by atoms with Crippen LogP contribution in [0.15, 0.2) is 54.6 Å². The highest BCUT2D eigenvalue weighted by molar-refractivity contribution is 7.09. The lowest BCUT2D eigenvalue weighted by Crippen LogP contribution is -2.03. The standard InChI is InChI=1S/C21H19NO4S/c1-5-16(23-10-18-12-25-18)6-2-14(1)20-9-21(27-22-20)15-3-7-17(8-4-15)24-11-19-13-26-19/h1-9,18-19H,10-13H2. The van der Waals surface area contributed by atoms with Crippen molar-refractivity contribution in [2.75, 3.05) is 26.4 Å². The summed E-state index contributed by atoms with van der Waals surface area (Å²) in [6, 6.07) is 18.3. The van der Waals surface area contributed by atoms with E-state index >= 15 is 0 Å². The highest BCUT2D eigenvalue weighted by Crippen LogP contribution is 2.31. The summed E-state index contributed by atoms with van der Waals surface area (Å²) < 4.78 is 26.3. The summed E-state index contributed by atoms with van der Waals surface area (Å²) in [5, 5.41) is 0. The fourth-order valence-corrected chi connectivity index (χ4v) is 3.45. The van der Waals surface area contributed by atoms with E-state index in [2.05, 4.69) is 22.6 Å². The molecule has 2 aliphatic rings. The van der Waals surface area contributed by atoms with Crippen molar-refractivity contribution >= 4 is 11.5 Å². The van der Waals surface area contributed by atoms with Crippen LogP contribution in [0, 0.1) is 0 Å². The van der Waals surface area contributed by atoms with E-state index in [4.69, 9.17) is 18.9 Å². The Hall–Kier alpha value is -2.41. The van der Waals surface area contributed by atoms with Crippen molar-refractivity contribution in [2.24, 2.45) is 0 Å². The molecule has 2 saturated heterocycles. The predicted octanol–water partition coefficient (Wildman–Crippen LogP) is 4.03. The maximum Gasteiger partial charge on any atom is 0.119 e. The first-order valence-electron chi connectivity index (χ1n) is 9.00. The zero-order valence-electron chi connectivity index (χ0n) is 14.7. The number of hydrogen-bond acceptors (Lipinski definition) is 6. The molecule has 0 spiro atoms. The molecule has 6 heteroatoms. The van der Waals surface area contributed by atoms with Crippen molar-refractivity contribution in [3.8, 4) is 33.2 Å². The first-order chi connectivity index (χ1) is 13.3. The zero-order valence-corrected chi connectivity index (χ0v) is 15.5. The van der Waals surface area contributed by atoms with Crippen LogP contribution in [0.1, 0.15) is 0 Å². The van der Waals surface area contributed by atoms with E-state index in [1.54, 1.807) is 0 Å². The summed E-state index contributed by atoms with van der Waals surface area (Å²) in [5.41, 5.74) is 3.19. The SMILES string of the molecule is c1cc(-c2cc(-c3ccc(OCC4CO4)cc3)sn2)ccc1OCC1CO1. The van der Waals surface area contributed by atoms with Crippen LogP contribution < -0.4 is 9.47 Å². The third-order valence-electron chi connectivity index (χ3n) is 4.48. The Kier molecular flexibility index (Phi) is 4.53. The van der Waals surface area contributed by atoms with Gasteiger partial charge in [-0.3, -0.25) is 0 Å². The lowest BCUT2D eigenvalue weighted by atomic mass is 10.1. The summed E-state index contributed by atoms with van der Waals surface area (Å²) >= 11 is 1.50. The number of epoxide rings is 2. The van der Waals surface area contributed by atoms with Gasteiger partial charge >= 0.3 is 0 Å². The Morgan fingerprint density at radius 1 is 0.815 bits per heavy atom. The molecule has 3 aromatic rings. The highest BCUT2D eigenvalue weighted by atomic mass is 32.1. The third-order valence-corrected chi connectivity index (χ3v) is 5.31. The monoisotopic (exact) mass is 381 g/mol. The first-order valence-corrected chi connectivity index (χ1v) is 9.77. The second kappa shape index (κ2) is 7.31. The number of aromatic nitrogens is 1. The second-order valence-electron chi connectivity index (χ2n) is 6.66. The van der Waals surface area contributed by atoms with E-state index in [1.807, 2.05) is 36.4 Å². The van der Waals surface area contributed by atoms with Crippen molar-refractivity contribution in [1.82, 2.24) is 4.37 Å². The maximum atomic E-state index is 5.69. The second-order valence-corrected chi connectivity index (χ2v) is 7.46. The summed E-state index contributed by atoms with van der Waals surface area (Å²) in [4.78, 5) is 1.13. The minimum Gasteiger partial charge on any atom is -0.491 e. The van der Waals surface area contributed by atoms with Gasteiger partial charge in [0, 0.05) is 5.56 Å². The number of rotatable bonds is 8. The van der Waals surface area contributed by atoms with E-state index in [9.17, 15) is 0 Å². The van der Waals surface area contributed by atoms with Crippen LogP contribution in [0.3, 0.4) is 0 Å². The minimum atomic E-state index is 0.268. The summed E-state index contributed by atoms with van der Waals surface area (Å²) in [6.07, 6.45) is 0.539. The van der Waals surface area contributed by atoms with Crippen LogP contribution in [0.5, 0.6) is 11.5 Å². The van der Waals surface area contributed by atoms with Crippen LogP contribution in [-0.2, 0) is 9.47 Å². The molecule has 0 N–H and O–H groups in total. The molecule has 0 saturated carbocycles. The first kappa shape index (κ1) is 16.7. The van der Waals surface area contributed by atoms with Crippen molar-refractivity contribution in [1.29, 1.82) is 0 Å². The predicted molar refractivity (Wildman–Crippen MR) is 103 cm³/mol. The van der Waals surface area contributed by atoms with Crippen molar-refractivity contribution in [3.05, 3.63) is 54.6 Å². The van der Waals surface area contributed by atoms with Gasteiger partial charge in [0.1, 0.15) is 36.9 Å². The van der Waals surface area contributed by atoms with Crippen molar-refractivity contribution in [2.45, 2.75) is 12.2 Å². The molecule has 2 unspecified atom stereocenters. The van der Waals surface area contributed by atoms with E-state index in [1.165, 1.54) is 11.5 Å². The molecule has 2 fully saturated rings. The number of benzene rings is 2. The Morgan fingerprint density at radius 2 is 1.33 bits per heavy atom. The molecule has 0 bridgehead atoms. The molecule has 0 amide bonds. The van der Waals surface area contributed by atoms with Gasteiger partial charge in [0.25, 0.3) is 0 Å². The fourth-order valence-electron chi connectivity index (χ4n) is 2.69. The number of nitrogens with zero attached hydrogens (tertiary/aromatic N) is 1. The highest BCUT2D eigenvalue weighted by Gasteiger charge is 2.23. The molecule has 3 heterocycles. The van der Waals surface area contributed by atoms with E-state index in [0.717, 1.165) is 46.4 Å². The van der Waals surface area contributed by atoms with Crippen molar-refractivity contribution < 1.29 is 18.9 Å². The fraction of sp³-hybridized carbons (Fsp3) is 0.286. The Labute approximate surface area is 161 Å². The molecule has 27 heavy (non-hydrogen) atoms. The van der Waals surface area contributed by atoms with Gasteiger partial charge in [-0.2, -0.15) is 4.37 Å². The van der Waals surface area contributed by atoms with Crippen LogP contribution in [0.4, 0.5) is 0 Å². The molecule has 2 aliphatic heterocycles. The zero-order chi connectivity index (χ0) is 18.1. The molecule has 2 aromatic carbocycles. The largest absolute Gasteiger partial charge is 0.491 e. The third kappa shape index (κ3) is 4.30. The average Bonchev–Trinajstić information content (AvgIpc) is 3.65. The van der Waals surface area contributed by atoms with Crippen LogP contribution >= 0.6 is 11.5 Å². The molecule has 2 atom stereocenters. The Bertz CT molecular complexity index is 825. The molecular weight excluding hydrogens is 362 g/mol. The number of hydrogen-bond donors (Lipinski definition) is 0. The lowest BCUT2D eigenvalue weighted by molar-refractivity contribution is 0.263. The average molecular weight is 381 g/mol. The molecule has 138 valence electrons. The van der Waals surface area contributed by atoms with Crippen LogP contribution in [-0.4, -0.2) is 43.0 Å². The van der Waals surface area contributed by atoms with Gasteiger partial charge in [0.05, 0.1) is 23.8 Å². The van der Waals surface area contributed by atoms with Gasteiger partial charge in [-0.05, 0) is 71.7 Å². The minimum absolute atomic E-state index is 0.268. The quantitative estimate of drug-likeness (QED) is 0.552. The van der Waals surface area contributed by atoms with Gasteiger partial charge in [-0.1, -0.05) is 0 Å². The number of ether oxygens (including phenoxy) is 4. The molecule has 0 radical (unpaired) electrons. The topological polar surface area (TPSA) is 56.4 Å². The van der Waals surface area contributed by atoms with Gasteiger partial charge in [0.15, 0.2) is 0 Å². The molecule has 0 aliphatic carbocycles. The van der Waals surface area contributed by atoms with Crippen LogP contribution in [0.2, 0.25) is 0 Å². The summed E-state index contributed by atoms with van der Waals surface area (Å²) in [6.45, 7) is 2.86. The molecule has 5 rings (SSSR count). The molecule has 5 nitrogen and oxygen atoms in total. The summed E-state index contributed by atoms with van der Waals surface area (Å²) in [5.74, 6) is 1.73. The van der Waals surface area contributed by atoms with Crippen molar-refractivity contribution in [3.63, 3.8) is 0 Å².